The Labute approximate surface area is 83.4 Å². The molecule has 0 radical (unpaired) electrons. The number of nitrogens with zero attached hydrogens (tertiary/aromatic N) is 2. The van der Waals surface area contributed by atoms with Gasteiger partial charge in [-0.15, -0.1) is 0 Å². The van der Waals surface area contributed by atoms with E-state index in [-0.39, 0.29) is 11.5 Å². The molecule has 2 aliphatic rings. The van der Waals surface area contributed by atoms with Gasteiger partial charge in [0.1, 0.15) is 0 Å². The Kier molecular flexibility index (Phi) is 1.39. The quantitative estimate of drug-likeness (QED) is 0.569. The number of benzene rings is 1. The van der Waals surface area contributed by atoms with Crippen molar-refractivity contribution in [1.82, 2.24) is 0 Å². The van der Waals surface area contributed by atoms with Crippen molar-refractivity contribution >= 4 is 23.5 Å². The summed E-state index contributed by atoms with van der Waals surface area (Å²) >= 11 is 0. The van der Waals surface area contributed by atoms with E-state index in [1.165, 1.54) is 0 Å². The Morgan fingerprint density at radius 3 is 2.73 bits per heavy atom. The molecular weight excluding hydrogens is 196 g/mol. The molecule has 0 atom stereocenters. The summed E-state index contributed by atoms with van der Waals surface area (Å²) in [4.78, 5) is 29.6. The van der Waals surface area contributed by atoms with Crippen molar-refractivity contribution in [2.45, 2.75) is 0 Å². The standard InChI is InChI=1S/C10H4N2O3/c13-9-7-8(15-10(14)12-7)5-3-1-2-4-6(5)11-9/h1-4H. The maximum Gasteiger partial charge on any atom is 0.440 e. The third-order valence-corrected chi connectivity index (χ3v) is 2.18. The molecule has 0 fully saturated rings. The number of rotatable bonds is 0. The maximum absolute atomic E-state index is 11.4. The summed E-state index contributed by atoms with van der Waals surface area (Å²) < 4.78 is 4.86. The van der Waals surface area contributed by atoms with Crippen LogP contribution in [-0.2, 0) is 9.53 Å². The molecule has 1 aromatic carbocycles. The minimum absolute atomic E-state index is 0.00120. The predicted octanol–water partition coefficient (Wildman–Crippen LogP) is -0.454. The highest BCUT2D eigenvalue weighted by atomic mass is 16.6. The molecule has 0 aliphatic carbocycles. The van der Waals surface area contributed by atoms with Crippen LogP contribution in [0.4, 0.5) is 4.79 Å². The summed E-state index contributed by atoms with van der Waals surface area (Å²) in [6.07, 6.45) is -0.764. The Morgan fingerprint density at radius 1 is 1.07 bits per heavy atom. The Balaban J connectivity index is 2.49. The zero-order chi connectivity index (χ0) is 10.4. The molecule has 5 heteroatoms. The second-order valence-electron chi connectivity index (χ2n) is 3.09. The molecule has 1 aromatic rings. The summed E-state index contributed by atoms with van der Waals surface area (Å²) in [6, 6.07) is 6.95. The normalized spacial score (nSPS) is 17.6. The van der Waals surface area contributed by atoms with Gasteiger partial charge in [0, 0.05) is 5.22 Å². The average Bonchev–Trinajstić information content (AvgIpc) is 2.61. The Morgan fingerprint density at radius 2 is 1.87 bits per heavy atom. The van der Waals surface area contributed by atoms with Gasteiger partial charge in [-0.3, -0.25) is 4.79 Å². The topological polar surface area (TPSA) is 68.1 Å². The first-order valence-electron chi connectivity index (χ1n) is 4.29. The van der Waals surface area contributed by atoms with Crippen LogP contribution in [0.5, 0.6) is 0 Å². The molecular formula is C10H4N2O3. The van der Waals surface area contributed by atoms with E-state index in [0.717, 1.165) is 0 Å². The first-order valence-corrected chi connectivity index (χ1v) is 4.29. The summed E-state index contributed by atoms with van der Waals surface area (Å²) in [5, 5.41) is 1.13. The number of fused-ring (bicyclic) bond motifs is 2. The van der Waals surface area contributed by atoms with Crippen LogP contribution in [0, 0.1) is 0 Å². The van der Waals surface area contributed by atoms with Gasteiger partial charge in [0.05, 0.1) is 5.36 Å². The lowest BCUT2D eigenvalue weighted by atomic mass is 10.1. The van der Waals surface area contributed by atoms with Crippen LogP contribution in [0.1, 0.15) is 0 Å². The number of amides is 2. The molecule has 15 heavy (non-hydrogen) atoms. The highest BCUT2D eigenvalue weighted by Crippen LogP contribution is 2.13. The molecule has 0 N–H and O–H groups in total. The number of para-hydroxylation sites is 1. The van der Waals surface area contributed by atoms with Crippen LogP contribution in [0.2, 0.25) is 0 Å². The minimum Gasteiger partial charge on any atom is -0.405 e. The van der Waals surface area contributed by atoms with Gasteiger partial charge in [-0.05, 0) is 12.1 Å². The number of ether oxygens (including phenoxy) is 1. The van der Waals surface area contributed by atoms with E-state index in [0.29, 0.717) is 10.6 Å². The molecule has 0 spiro atoms. The van der Waals surface area contributed by atoms with Crippen LogP contribution in [-0.4, -0.2) is 17.7 Å². The van der Waals surface area contributed by atoms with Crippen molar-refractivity contribution in [3.63, 3.8) is 0 Å². The van der Waals surface area contributed by atoms with Crippen LogP contribution in [0.15, 0.2) is 34.3 Å². The van der Waals surface area contributed by atoms with Gasteiger partial charge in [-0.2, -0.15) is 4.99 Å². The minimum atomic E-state index is -0.764. The van der Waals surface area contributed by atoms with Crippen molar-refractivity contribution in [3.05, 3.63) is 34.8 Å². The number of aliphatic imine (C=N–C) groups is 1. The fourth-order valence-electron chi connectivity index (χ4n) is 1.55. The smallest absolute Gasteiger partial charge is 0.405 e. The first-order chi connectivity index (χ1) is 7.25. The molecule has 2 aliphatic heterocycles. The van der Waals surface area contributed by atoms with Gasteiger partial charge >= 0.3 is 6.09 Å². The molecule has 0 bridgehead atoms. The van der Waals surface area contributed by atoms with Gasteiger partial charge in [0.25, 0.3) is 5.91 Å². The van der Waals surface area contributed by atoms with E-state index in [1.807, 2.05) is 0 Å². The van der Waals surface area contributed by atoms with Crippen LogP contribution < -0.4 is 10.6 Å². The Hall–Kier alpha value is -2.30. The van der Waals surface area contributed by atoms with Crippen LogP contribution in [0.3, 0.4) is 0 Å². The molecule has 72 valence electrons. The van der Waals surface area contributed by atoms with E-state index < -0.39 is 12.0 Å². The molecule has 0 aromatic heterocycles. The van der Waals surface area contributed by atoms with Gasteiger partial charge in [-0.25, -0.2) is 9.79 Å². The second kappa shape index (κ2) is 2.60. The monoisotopic (exact) mass is 200 g/mol. The van der Waals surface area contributed by atoms with Gasteiger partial charge in [-0.1, -0.05) is 12.1 Å². The molecule has 3 rings (SSSR count). The van der Waals surface area contributed by atoms with Crippen LogP contribution >= 0.6 is 0 Å². The Bertz CT molecular complexity index is 643. The lowest BCUT2D eigenvalue weighted by molar-refractivity contribution is -0.112. The van der Waals surface area contributed by atoms with Crippen molar-refractivity contribution in [1.29, 1.82) is 0 Å². The van der Waals surface area contributed by atoms with Crippen molar-refractivity contribution in [3.8, 4) is 0 Å². The number of carbonyl (C=O) groups excluding carboxylic acids is 2. The lowest BCUT2D eigenvalue weighted by Crippen LogP contribution is -2.36. The van der Waals surface area contributed by atoms with E-state index in [1.54, 1.807) is 24.3 Å². The van der Waals surface area contributed by atoms with Crippen molar-refractivity contribution in [2.24, 2.45) is 9.98 Å². The maximum atomic E-state index is 11.4. The van der Waals surface area contributed by atoms with E-state index in [4.69, 9.17) is 4.74 Å². The number of carbonyl (C=O) groups is 2. The fraction of sp³-hybridized carbons (Fsp3) is 0. The first kappa shape index (κ1) is 8.05. The third kappa shape index (κ3) is 1.03. The van der Waals surface area contributed by atoms with Crippen molar-refractivity contribution in [2.75, 3.05) is 0 Å². The highest BCUT2D eigenvalue weighted by molar-refractivity contribution is 6.56. The average molecular weight is 200 g/mol. The molecule has 2 heterocycles. The summed E-state index contributed by atoms with van der Waals surface area (Å²) in [5.74, 6) is -0.315. The number of hydrogen-bond donors (Lipinski definition) is 0. The largest absolute Gasteiger partial charge is 0.440 e. The fourth-order valence-corrected chi connectivity index (χ4v) is 1.55. The van der Waals surface area contributed by atoms with Gasteiger partial charge in [0.15, 0.2) is 11.5 Å². The molecule has 0 saturated carbocycles. The summed E-state index contributed by atoms with van der Waals surface area (Å²) in [7, 11) is 0. The van der Waals surface area contributed by atoms with E-state index in [2.05, 4.69) is 9.98 Å². The van der Waals surface area contributed by atoms with Crippen molar-refractivity contribution < 1.29 is 14.3 Å². The lowest BCUT2D eigenvalue weighted by Gasteiger charge is -2.03. The predicted molar refractivity (Wildman–Crippen MR) is 49.6 cm³/mol. The van der Waals surface area contributed by atoms with Gasteiger partial charge < -0.3 is 4.74 Å². The SMILES string of the molecule is O=C1N=C2C(=O)N=c3ccccc3=C2O1. The summed E-state index contributed by atoms with van der Waals surface area (Å²) in [6.45, 7) is 0. The highest BCUT2D eigenvalue weighted by Gasteiger charge is 2.31. The summed E-state index contributed by atoms with van der Waals surface area (Å²) in [5.41, 5.74) is -0.00120. The zero-order valence-corrected chi connectivity index (χ0v) is 7.43. The van der Waals surface area contributed by atoms with Crippen LogP contribution in [0.25, 0.3) is 5.76 Å². The van der Waals surface area contributed by atoms with E-state index in [9.17, 15) is 9.59 Å². The molecule has 2 amide bonds. The molecule has 0 unspecified atom stereocenters. The van der Waals surface area contributed by atoms with Gasteiger partial charge in [0.2, 0.25) is 0 Å². The number of hydrogen-bond acceptors (Lipinski definition) is 3. The molecule has 0 saturated heterocycles. The third-order valence-electron chi connectivity index (χ3n) is 2.18. The second-order valence-corrected chi connectivity index (χ2v) is 3.09. The van der Waals surface area contributed by atoms with E-state index >= 15 is 0 Å². The molecule has 5 nitrogen and oxygen atoms in total. The zero-order valence-electron chi connectivity index (χ0n) is 7.43.